The van der Waals surface area contributed by atoms with E-state index in [0.29, 0.717) is 11.5 Å². The molecule has 1 rings (SSSR count). The van der Waals surface area contributed by atoms with Gasteiger partial charge in [0.2, 0.25) is 0 Å². The maximum absolute atomic E-state index is 5.38. The Kier molecular flexibility index (Phi) is 5.73. The van der Waals surface area contributed by atoms with Gasteiger partial charge in [0.05, 0.1) is 6.61 Å². The van der Waals surface area contributed by atoms with Crippen LogP contribution in [0.4, 0.5) is 0 Å². The summed E-state index contributed by atoms with van der Waals surface area (Å²) in [5, 5.41) is 3.65. The monoisotopic (exact) mass is 228 g/mol. The lowest BCUT2D eigenvalue weighted by atomic mass is 9.77. The van der Waals surface area contributed by atoms with E-state index in [1.165, 1.54) is 19.4 Å². The zero-order valence-electron chi connectivity index (χ0n) is 11.4. The molecule has 16 heavy (non-hydrogen) atoms. The van der Waals surface area contributed by atoms with Crippen molar-refractivity contribution in [3.63, 3.8) is 0 Å². The van der Waals surface area contributed by atoms with E-state index >= 15 is 0 Å². The third kappa shape index (κ3) is 4.40. The number of hydrogen-bond donors (Lipinski definition) is 1. The Bertz CT molecular complexity index is 194. The lowest BCUT2D eigenvalue weighted by molar-refractivity contribution is 0.0972. The summed E-state index contributed by atoms with van der Waals surface area (Å²) in [5.74, 6) is 0. The molecule has 3 heteroatoms. The molecular weight excluding hydrogens is 200 g/mol. The Hall–Kier alpha value is -0.120. The van der Waals surface area contributed by atoms with Crippen LogP contribution in [-0.4, -0.2) is 50.8 Å². The third-order valence-electron chi connectivity index (χ3n) is 3.65. The number of nitrogens with one attached hydrogen (secondary N) is 1. The van der Waals surface area contributed by atoms with Crippen LogP contribution in [0, 0.1) is 5.41 Å². The Morgan fingerprint density at radius 1 is 1.44 bits per heavy atom. The molecule has 1 heterocycles. The molecule has 0 amide bonds. The summed E-state index contributed by atoms with van der Waals surface area (Å²) in [6, 6.07) is 0.618. The normalized spacial score (nSPS) is 24.9. The standard InChI is InChI=1S/C13H28N2O/c1-5-16-10-9-15(4)11-12-13(2,3)7-6-8-14-12/h12,14H,5-11H2,1-4H3. The molecule has 1 saturated heterocycles. The fourth-order valence-corrected chi connectivity index (χ4v) is 2.35. The predicted octanol–water partition coefficient (Wildman–Crippen LogP) is 1.73. The largest absolute Gasteiger partial charge is 0.380 e. The minimum absolute atomic E-state index is 0.429. The maximum atomic E-state index is 5.38. The van der Waals surface area contributed by atoms with Crippen LogP contribution in [0.25, 0.3) is 0 Å². The quantitative estimate of drug-likeness (QED) is 0.701. The van der Waals surface area contributed by atoms with Crippen molar-refractivity contribution in [3.8, 4) is 0 Å². The topological polar surface area (TPSA) is 24.5 Å². The molecule has 1 aliphatic rings. The molecule has 1 fully saturated rings. The van der Waals surface area contributed by atoms with Crippen molar-refractivity contribution in [1.82, 2.24) is 10.2 Å². The summed E-state index contributed by atoms with van der Waals surface area (Å²) in [5.41, 5.74) is 0.429. The van der Waals surface area contributed by atoms with Gasteiger partial charge in [0, 0.05) is 25.7 Å². The van der Waals surface area contributed by atoms with Crippen LogP contribution >= 0.6 is 0 Å². The average Bonchev–Trinajstić information content (AvgIpc) is 2.21. The Morgan fingerprint density at radius 3 is 2.81 bits per heavy atom. The van der Waals surface area contributed by atoms with Crippen molar-refractivity contribution in [2.24, 2.45) is 5.41 Å². The fourth-order valence-electron chi connectivity index (χ4n) is 2.35. The van der Waals surface area contributed by atoms with Crippen molar-refractivity contribution in [1.29, 1.82) is 0 Å². The Morgan fingerprint density at radius 2 is 2.19 bits per heavy atom. The first-order valence-electron chi connectivity index (χ1n) is 6.56. The van der Waals surface area contributed by atoms with Crippen molar-refractivity contribution in [2.75, 3.05) is 39.9 Å². The molecule has 96 valence electrons. The molecule has 1 N–H and O–H groups in total. The second-order valence-corrected chi connectivity index (χ2v) is 5.56. The molecule has 0 aliphatic carbocycles. The van der Waals surface area contributed by atoms with E-state index in [2.05, 4.69) is 31.1 Å². The molecule has 0 aromatic rings. The first kappa shape index (κ1) is 13.9. The lowest BCUT2D eigenvalue weighted by Crippen LogP contribution is -2.52. The molecule has 1 atom stereocenters. The zero-order chi connectivity index (χ0) is 12.0. The summed E-state index contributed by atoms with van der Waals surface area (Å²) >= 11 is 0. The van der Waals surface area contributed by atoms with Crippen molar-refractivity contribution in [2.45, 2.75) is 39.7 Å². The summed E-state index contributed by atoms with van der Waals surface area (Å²) < 4.78 is 5.38. The maximum Gasteiger partial charge on any atom is 0.0593 e. The Labute approximate surface area is 101 Å². The van der Waals surface area contributed by atoms with E-state index in [1.54, 1.807) is 0 Å². The number of rotatable bonds is 6. The average molecular weight is 228 g/mol. The molecule has 0 aromatic carbocycles. The highest BCUT2D eigenvalue weighted by molar-refractivity contribution is 4.89. The molecule has 1 unspecified atom stereocenters. The number of nitrogens with zero attached hydrogens (tertiary/aromatic N) is 1. The van der Waals surface area contributed by atoms with Gasteiger partial charge in [-0.3, -0.25) is 0 Å². The SMILES string of the molecule is CCOCCN(C)CC1NCCCC1(C)C. The molecule has 0 saturated carbocycles. The van der Waals surface area contributed by atoms with Gasteiger partial charge < -0.3 is 15.0 Å². The number of hydrogen-bond acceptors (Lipinski definition) is 3. The van der Waals surface area contributed by atoms with E-state index in [4.69, 9.17) is 4.74 Å². The van der Waals surface area contributed by atoms with E-state index in [0.717, 1.165) is 26.3 Å². The van der Waals surface area contributed by atoms with Gasteiger partial charge in [-0.15, -0.1) is 0 Å². The van der Waals surface area contributed by atoms with E-state index in [1.807, 2.05) is 6.92 Å². The summed E-state index contributed by atoms with van der Waals surface area (Å²) in [7, 11) is 2.19. The van der Waals surface area contributed by atoms with Crippen LogP contribution in [0.3, 0.4) is 0 Å². The first-order valence-corrected chi connectivity index (χ1v) is 6.56. The van der Waals surface area contributed by atoms with E-state index in [9.17, 15) is 0 Å². The molecule has 3 nitrogen and oxygen atoms in total. The van der Waals surface area contributed by atoms with Gasteiger partial charge >= 0.3 is 0 Å². The molecule has 1 aliphatic heterocycles. The highest BCUT2D eigenvalue weighted by Crippen LogP contribution is 2.30. The van der Waals surface area contributed by atoms with Crippen molar-refractivity contribution in [3.05, 3.63) is 0 Å². The van der Waals surface area contributed by atoms with Gasteiger partial charge in [0.25, 0.3) is 0 Å². The van der Waals surface area contributed by atoms with Crippen LogP contribution in [0.1, 0.15) is 33.6 Å². The molecule has 0 spiro atoms. The van der Waals surface area contributed by atoms with Gasteiger partial charge in [-0.25, -0.2) is 0 Å². The van der Waals surface area contributed by atoms with Crippen LogP contribution in [0.5, 0.6) is 0 Å². The highest BCUT2D eigenvalue weighted by Gasteiger charge is 2.32. The third-order valence-corrected chi connectivity index (χ3v) is 3.65. The number of ether oxygens (including phenoxy) is 1. The van der Waals surface area contributed by atoms with Gasteiger partial charge in [0.15, 0.2) is 0 Å². The summed E-state index contributed by atoms with van der Waals surface area (Å²) in [6.45, 7) is 11.8. The van der Waals surface area contributed by atoms with Crippen molar-refractivity contribution >= 4 is 0 Å². The van der Waals surface area contributed by atoms with Crippen LogP contribution in [-0.2, 0) is 4.74 Å². The number of likely N-dealkylation sites (N-methyl/N-ethyl adjacent to an activating group) is 1. The highest BCUT2D eigenvalue weighted by atomic mass is 16.5. The van der Waals surface area contributed by atoms with Crippen LogP contribution in [0.2, 0.25) is 0 Å². The van der Waals surface area contributed by atoms with Gasteiger partial charge in [-0.05, 0) is 38.8 Å². The zero-order valence-corrected chi connectivity index (χ0v) is 11.4. The number of piperidine rings is 1. The minimum Gasteiger partial charge on any atom is -0.380 e. The fraction of sp³-hybridized carbons (Fsp3) is 1.00. The summed E-state index contributed by atoms with van der Waals surface area (Å²) in [4.78, 5) is 2.38. The summed E-state index contributed by atoms with van der Waals surface area (Å²) in [6.07, 6.45) is 2.65. The van der Waals surface area contributed by atoms with Crippen LogP contribution < -0.4 is 5.32 Å². The molecule has 0 radical (unpaired) electrons. The smallest absolute Gasteiger partial charge is 0.0593 e. The van der Waals surface area contributed by atoms with Gasteiger partial charge in [-0.2, -0.15) is 0 Å². The molecular formula is C13H28N2O. The minimum atomic E-state index is 0.429. The second-order valence-electron chi connectivity index (χ2n) is 5.56. The lowest BCUT2D eigenvalue weighted by Gasteiger charge is -2.41. The van der Waals surface area contributed by atoms with Gasteiger partial charge in [0.1, 0.15) is 0 Å². The van der Waals surface area contributed by atoms with E-state index in [-0.39, 0.29) is 0 Å². The van der Waals surface area contributed by atoms with Gasteiger partial charge in [-0.1, -0.05) is 13.8 Å². The molecule has 0 aromatic heterocycles. The molecule has 0 bridgehead atoms. The van der Waals surface area contributed by atoms with Crippen LogP contribution in [0.15, 0.2) is 0 Å². The van der Waals surface area contributed by atoms with E-state index < -0.39 is 0 Å². The van der Waals surface area contributed by atoms with Crippen molar-refractivity contribution < 1.29 is 4.74 Å². The second kappa shape index (κ2) is 6.58. The first-order chi connectivity index (χ1) is 7.56. The predicted molar refractivity (Wildman–Crippen MR) is 68.8 cm³/mol. The Balaban J connectivity index is 2.28.